The Kier molecular flexibility index (Phi) is 12.7. The smallest absolute Gasteiger partial charge is 0.0895 e. The molecule has 54 valence electrons. The van der Waals surface area contributed by atoms with Crippen LogP contribution in [0.1, 0.15) is 13.8 Å². The largest absolute Gasteiger partial charge is 0.502 e. The molecular weight excluding hydrogens is 112 g/mol. The lowest BCUT2D eigenvalue weighted by atomic mass is 10.2. The van der Waals surface area contributed by atoms with E-state index in [1.165, 1.54) is 6.26 Å². The van der Waals surface area contributed by atoms with Crippen LogP contribution in [0.4, 0.5) is 0 Å². The van der Waals surface area contributed by atoms with Crippen molar-refractivity contribution in [1.29, 1.82) is 0 Å². The molecule has 0 spiro atoms. The average Bonchev–Trinajstić information content (AvgIpc) is 1.88. The molecule has 0 aliphatic heterocycles. The summed E-state index contributed by atoms with van der Waals surface area (Å²) in [5.74, 6) is 0.609. The molecule has 0 aromatic heterocycles. The van der Waals surface area contributed by atoms with Crippen LogP contribution in [0.2, 0.25) is 0 Å². The number of rotatable bonds is 3. The first-order valence-corrected chi connectivity index (χ1v) is 3.00. The van der Waals surface area contributed by atoms with E-state index in [0.29, 0.717) is 5.92 Å². The zero-order valence-corrected chi connectivity index (χ0v) is 6.39. The van der Waals surface area contributed by atoms with Gasteiger partial charge in [0.2, 0.25) is 0 Å². The van der Waals surface area contributed by atoms with Gasteiger partial charge in [-0.1, -0.05) is 20.4 Å². The second-order valence-electron chi connectivity index (χ2n) is 1.89. The van der Waals surface area contributed by atoms with Crippen LogP contribution in [0.5, 0.6) is 0 Å². The molecule has 0 unspecified atom stereocenters. The Hall–Kier alpha value is -0.720. The first-order valence-electron chi connectivity index (χ1n) is 3.00. The van der Waals surface area contributed by atoms with Crippen LogP contribution in [0.15, 0.2) is 26.0 Å². The van der Waals surface area contributed by atoms with Gasteiger partial charge in [-0.2, -0.15) is 0 Å². The predicted molar refractivity (Wildman–Crippen MR) is 42.2 cm³/mol. The minimum absolute atomic E-state index is 0.609. The minimum Gasteiger partial charge on any atom is -0.502 e. The summed E-state index contributed by atoms with van der Waals surface area (Å²) >= 11 is 0. The van der Waals surface area contributed by atoms with E-state index in [4.69, 9.17) is 4.74 Å². The van der Waals surface area contributed by atoms with E-state index in [-0.39, 0.29) is 0 Å². The quantitative estimate of drug-likeness (QED) is 0.419. The molecule has 0 heterocycles. The lowest BCUT2D eigenvalue weighted by Crippen LogP contribution is -1.95. The topological polar surface area (TPSA) is 9.23 Å². The van der Waals surface area contributed by atoms with E-state index >= 15 is 0 Å². The van der Waals surface area contributed by atoms with Gasteiger partial charge >= 0.3 is 0 Å². The molecule has 1 nitrogen and oxygen atoms in total. The maximum atomic E-state index is 4.86. The molecule has 0 saturated heterocycles. The third-order valence-electron chi connectivity index (χ3n) is 0.547. The van der Waals surface area contributed by atoms with Gasteiger partial charge in [-0.05, 0) is 5.92 Å². The highest BCUT2D eigenvalue weighted by Gasteiger charge is 1.87. The molecule has 0 aromatic carbocycles. The summed E-state index contributed by atoms with van der Waals surface area (Å²) < 4.78 is 4.86. The van der Waals surface area contributed by atoms with Gasteiger partial charge in [0.15, 0.2) is 0 Å². The molecule has 0 amide bonds. The van der Waals surface area contributed by atoms with Crippen LogP contribution in [0.25, 0.3) is 0 Å². The van der Waals surface area contributed by atoms with Gasteiger partial charge in [-0.25, -0.2) is 0 Å². The molecule has 0 aromatic rings. The average molecular weight is 128 g/mol. The SMILES string of the molecule is C=C.C=COCC(C)C. The fraction of sp³-hybridized carbons (Fsp3) is 0.500. The molecule has 0 aliphatic carbocycles. The van der Waals surface area contributed by atoms with Crippen molar-refractivity contribution >= 4 is 0 Å². The van der Waals surface area contributed by atoms with Crippen LogP contribution >= 0.6 is 0 Å². The van der Waals surface area contributed by atoms with Gasteiger partial charge < -0.3 is 4.74 Å². The Balaban J connectivity index is 0. The predicted octanol–water partition coefficient (Wildman–Crippen LogP) is 2.60. The van der Waals surface area contributed by atoms with Crippen molar-refractivity contribution in [2.24, 2.45) is 5.92 Å². The van der Waals surface area contributed by atoms with Crippen molar-refractivity contribution in [1.82, 2.24) is 0 Å². The van der Waals surface area contributed by atoms with Crippen LogP contribution in [-0.4, -0.2) is 6.61 Å². The Labute approximate surface area is 58.0 Å². The highest BCUT2D eigenvalue weighted by Crippen LogP contribution is 1.90. The molecule has 9 heavy (non-hydrogen) atoms. The summed E-state index contributed by atoms with van der Waals surface area (Å²) in [4.78, 5) is 0. The van der Waals surface area contributed by atoms with Crippen LogP contribution in [0, 0.1) is 5.92 Å². The molecule has 0 aliphatic rings. The maximum absolute atomic E-state index is 4.86. The monoisotopic (exact) mass is 128 g/mol. The van der Waals surface area contributed by atoms with Crippen molar-refractivity contribution in [2.45, 2.75) is 13.8 Å². The van der Waals surface area contributed by atoms with E-state index in [2.05, 4.69) is 33.6 Å². The van der Waals surface area contributed by atoms with Gasteiger partial charge in [0.25, 0.3) is 0 Å². The van der Waals surface area contributed by atoms with E-state index < -0.39 is 0 Å². The molecule has 0 fully saturated rings. The summed E-state index contributed by atoms with van der Waals surface area (Å²) in [6, 6.07) is 0. The Bertz CT molecular complexity index is 57.6. The minimum atomic E-state index is 0.609. The van der Waals surface area contributed by atoms with E-state index in [1.807, 2.05) is 0 Å². The Morgan fingerprint density at radius 3 is 2.00 bits per heavy atom. The second-order valence-corrected chi connectivity index (χ2v) is 1.89. The van der Waals surface area contributed by atoms with Gasteiger partial charge in [0.05, 0.1) is 12.9 Å². The lowest BCUT2D eigenvalue weighted by molar-refractivity contribution is 0.212. The summed E-state index contributed by atoms with van der Waals surface area (Å²) in [7, 11) is 0. The van der Waals surface area contributed by atoms with E-state index in [9.17, 15) is 0 Å². The Morgan fingerprint density at radius 2 is 1.89 bits per heavy atom. The van der Waals surface area contributed by atoms with Gasteiger partial charge in [0, 0.05) is 0 Å². The van der Waals surface area contributed by atoms with Gasteiger partial charge in [0.1, 0.15) is 0 Å². The molecule has 0 saturated carbocycles. The third kappa shape index (κ3) is 18.9. The number of hydrogen-bond donors (Lipinski definition) is 0. The van der Waals surface area contributed by atoms with Crippen molar-refractivity contribution in [2.75, 3.05) is 6.61 Å². The van der Waals surface area contributed by atoms with E-state index in [1.54, 1.807) is 0 Å². The highest BCUT2D eigenvalue weighted by molar-refractivity contribution is 4.49. The molecule has 0 radical (unpaired) electrons. The summed E-state index contributed by atoms with van der Waals surface area (Å²) in [5.41, 5.74) is 0. The fourth-order valence-electron chi connectivity index (χ4n) is 0.260. The summed E-state index contributed by atoms with van der Waals surface area (Å²) in [6.45, 7) is 14.4. The number of ether oxygens (including phenoxy) is 1. The molecule has 0 bridgehead atoms. The molecule has 1 heteroatoms. The second kappa shape index (κ2) is 10.3. The molecule has 0 N–H and O–H groups in total. The van der Waals surface area contributed by atoms with Gasteiger partial charge in [-0.3, -0.25) is 0 Å². The zero-order valence-electron chi connectivity index (χ0n) is 6.39. The van der Waals surface area contributed by atoms with Crippen LogP contribution in [-0.2, 0) is 4.74 Å². The Morgan fingerprint density at radius 1 is 1.44 bits per heavy atom. The normalized spacial score (nSPS) is 7.44. The summed E-state index contributed by atoms with van der Waals surface area (Å²) in [5, 5.41) is 0. The zero-order chi connectivity index (χ0) is 7.70. The molecule has 0 rings (SSSR count). The van der Waals surface area contributed by atoms with Crippen LogP contribution < -0.4 is 0 Å². The van der Waals surface area contributed by atoms with Gasteiger partial charge in [-0.15, -0.1) is 13.2 Å². The highest BCUT2D eigenvalue weighted by atomic mass is 16.5. The summed E-state index contributed by atoms with van der Waals surface area (Å²) in [6.07, 6.45) is 1.47. The number of hydrogen-bond acceptors (Lipinski definition) is 1. The fourth-order valence-corrected chi connectivity index (χ4v) is 0.260. The maximum Gasteiger partial charge on any atom is 0.0895 e. The molecule has 0 atom stereocenters. The third-order valence-corrected chi connectivity index (χ3v) is 0.547. The lowest BCUT2D eigenvalue weighted by Gasteiger charge is -2.00. The molecular formula is C8H16O. The van der Waals surface area contributed by atoms with Crippen molar-refractivity contribution in [3.63, 3.8) is 0 Å². The van der Waals surface area contributed by atoms with Crippen molar-refractivity contribution in [3.05, 3.63) is 26.0 Å². The van der Waals surface area contributed by atoms with Crippen molar-refractivity contribution < 1.29 is 4.74 Å². The first kappa shape index (κ1) is 11.1. The standard InChI is InChI=1S/C6H12O.C2H4/c1-4-7-5-6(2)3;1-2/h4,6H,1,5H2,2-3H3;1-2H2. The van der Waals surface area contributed by atoms with Crippen molar-refractivity contribution in [3.8, 4) is 0 Å². The van der Waals surface area contributed by atoms with E-state index in [0.717, 1.165) is 6.61 Å². The van der Waals surface area contributed by atoms with Crippen LogP contribution in [0.3, 0.4) is 0 Å². The first-order chi connectivity index (χ1) is 4.27.